The Morgan fingerprint density at radius 1 is 1.22 bits per heavy atom. The topological polar surface area (TPSA) is 136 Å². The predicted octanol–water partition coefficient (Wildman–Crippen LogP) is -2.91. The van der Waals surface area contributed by atoms with E-state index in [1.54, 1.807) is 0 Å². The number of aliphatic hydroxyl groups is 3. The molecule has 100 valence electrons. The van der Waals surface area contributed by atoms with Crippen molar-refractivity contribution < 1.29 is 20.1 Å². The molecule has 2 rings (SSSR count). The van der Waals surface area contributed by atoms with Crippen molar-refractivity contribution >= 4 is 0 Å². The molecule has 1 unspecified atom stereocenters. The summed E-state index contributed by atoms with van der Waals surface area (Å²) in [5.41, 5.74) is -0.967. The molecule has 1 saturated heterocycles. The predicted molar refractivity (Wildman–Crippen MR) is 59.1 cm³/mol. The van der Waals surface area contributed by atoms with Crippen LogP contribution in [0.25, 0.3) is 0 Å². The summed E-state index contributed by atoms with van der Waals surface area (Å²) in [5.74, 6) is 0. The van der Waals surface area contributed by atoms with Gasteiger partial charge >= 0.3 is 5.69 Å². The number of aliphatic hydroxyl groups excluding tert-OH is 3. The highest BCUT2D eigenvalue weighted by Crippen LogP contribution is 2.22. The van der Waals surface area contributed by atoms with Crippen molar-refractivity contribution in [2.75, 3.05) is 6.61 Å². The number of hydrogen-bond donors (Lipinski definition) is 5. The lowest BCUT2D eigenvalue weighted by atomic mass is 10.0. The third-order valence-corrected chi connectivity index (χ3v) is 2.96. The van der Waals surface area contributed by atoms with E-state index in [1.165, 1.54) is 6.20 Å². The minimum Gasteiger partial charge on any atom is -0.394 e. The van der Waals surface area contributed by atoms with Gasteiger partial charge in [-0.25, -0.2) is 4.79 Å². The van der Waals surface area contributed by atoms with Crippen LogP contribution in [-0.4, -0.2) is 56.3 Å². The Bertz CT molecular complexity index is 524. The first-order valence-corrected chi connectivity index (χ1v) is 5.46. The fourth-order valence-corrected chi connectivity index (χ4v) is 1.95. The van der Waals surface area contributed by atoms with Crippen LogP contribution in [0.5, 0.6) is 0 Å². The summed E-state index contributed by atoms with van der Waals surface area (Å²) in [6.45, 7) is -0.420. The lowest BCUT2D eigenvalue weighted by molar-refractivity contribution is -0.0216. The number of aromatic nitrogens is 2. The molecule has 0 spiro atoms. The van der Waals surface area contributed by atoms with E-state index < -0.39 is 42.3 Å². The second kappa shape index (κ2) is 5.02. The van der Waals surface area contributed by atoms with Crippen molar-refractivity contribution in [3.63, 3.8) is 0 Å². The zero-order valence-electron chi connectivity index (χ0n) is 9.37. The average molecular weight is 258 g/mol. The van der Waals surface area contributed by atoms with Crippen LogP contribution in [0.2, 0.25) is 0 Å². The van der Waals surface area contributed by atoms with Gasteiger partial charge in [0.25, 0.3) is 5.56 Å². The SMILES string of the molecule is O=c1[nH]cc(CC2O[C@H](CO)[C@H](O)[C@H]2O)c(=O)[nH]1. The molecule has 1 fully saturated rings. The molecule has 1 aromatic rings. The first-order chi connectivity index (χ1) is 8.52. The molecule has 0 bridgehead atoms. The lowest BCUT2D eigenvalue weighted by Crippen LogP contribution is -2.35. The zero-order chi connectivity index (χ0) is 13.3. The molecular formula is C10H14N2O6. The van der Waals surface area contributed by atoms with Gasteiger partial charge in [-0.15, -0.1) is 0 Å². The van der Waals surface area contributed by atoms with Gasteiger partial charge in [-0.3, -0.25) is 9.78 Å². The van der Waals surface area contributed by atoms with Crippen LogP contribution < -0.4 is 11.2 Å². The normalized spacial score (nSPS) is 31.7. The fourth-order valence-electron chi connectivity index (χ4n) is 1.95. The van der Waals surface area contributed by atoms with Gasteiger partial charge in [0, 0.05) is 18.2 Å². The number of rotatable bonds is 3. The summed E-state index contributed by atoms with van der Waals surface area (Å²) in [4.78, 5) is 26.6. The molecule has 5 N–H and O–H groups in total. The van der Waals surface area contributed by atoms with Crippen LogP contribution in [0, 0.1) is 0 Å². The van der Waals surface area contributed by atoms with Crippen molar-refractivity contribution in [3.05, 3.63) is 32.6 Å². The highest BCUT2D eigenvalue weighted by Gasteiger charge is 2.42. The van der Waals surface area contributed by atoms with Crippen LogP contribution in [-0.2, 0) is 11.2 Å². The Kier molecular flexibility index (Phi) is 3.62. The van der Waals surface area contributed by atoms with Gasteiger partial charge in [-0.1, -0.05) is 0 Å². The molecule has 1 aliphatic rings. The van der Waals surface area contributed by atoms with Gasteiger partial charge in [0.05, 0.1) is 12.7 Å². The maximum Gasteiger partial charge on any atom is 0.325 e. The summed E-state index contributed by atoms with van der Waals surface area (Å²) < 4.78 is 5.23. The molecule has 0 aromatic carbocycles. The second-order valence-corrected chi connectivity index (χ2v) is 4.18. The van der Waals surface area contributed by atoms with E-state index in [4.69, 9.17) is 9.84 Å². The minimum absolute atomic E-state index is 0.0286. The standard InChI is InChI=1S/C10H14N2O6/c13-3-6-8(15)7(14)5(18-6)1-4-2-11-10(17)12-9(4)16/h2,5-8,13-15H,1,3H2,(H2,11,12,16,17)/t5?,6-,7+,8+/m1/s1. The largest absolute Gasteiger partial charge is 0.394 e. The Hall–Kier alpha value is -1.48. The van der Waals surface area contributed by atoms with Gasteiger partial charge in [-0.2, -0.15) is 0 Å². The number of nitrogens with one attached hydrogen (secondary N) is 2. The van der Waals surface area contributed by atoms with E-state index in [9.17, 15) is 19.8 Å². The molecule has 8 nitrogen and oxygen atoms in total. The third kappa shape index (κ3) is 2.36. The number of H-pyrrole nitrogens is 2. The monoisotopic (exact) mass is 258 g/mol. The lowest BCUT2D eigenvalue weighted by Gasteiger charge is -2.13. The van der Waals surface area contributed by atoms with Crippen molar-refractivity contribution in [2.45, 2.75) is 30.8 Å². The molecule has 8 heteroatoms. The molecule has 18 heavy (non-hydrogen) atoms. The van der Waals surface area contributed by atoms with Crippen LogP contribution in [0.1, 0.15) is 5.56 Å². The summed E-state index contributed by atoms with van der Waals surface area (Å²) >= 11 is 0. The van der Waals surface area contributed by atoms with Crippen molar-refractivity contribution in [2.24, 2.45) is 0 Å². The van der Waals surface area contributed by atoms with Crippen LogP contribution in [0.3, 0.4) is 0 Å². The number of hydrogen-bond acceptors (Lipinski definition) is 6. The third-order valence-electron chi connectivity index (χ3n) is 2.96. The van der Waals surface area contributed by atoms with Gasteiger partial charge in [0.2, 0.25) is 0 Å². The minimum atomic E-state index is -1.19. The van der Waals surface area contributed by atoms with Crippen molar-refractivity contribution in [3.8, 4) is 0 Å². The summed E-state index contributed by atoms with van der Waals surface area (Å²) in [7, 11) is 0. The van der Waals surface area contributed by atoms with Gasteiger partial charge in [0.15, 0.2) is 0 Å². The Labute approximate surface area is 101 Å². The van der Waals surface area contributed by atoms with Crippen LogP contribution in [0.4, 0.5) is 0 Å². The van der Waals surface area contributed by atoms with E-state index in [0.29, 0.717) is 0 Å². The average Bonchev–Trinajstić information content (AvgIpc) is 2.60. The van der Waals surface area contributed by atoms with E-state index in [1.807, 2.05) is 4.98 Å². The van der Waals surface area contributed by atoms with Crippen molar-refractivity contribution in [1.29, 1.82) is 0 Å². The van der Waals surface area contributed by atoms with E-state index in [2.05, 4.69) is 4.98 Å². The number of aromatic amines is 2. The molecule has 0 radical (unpaired) electrons. The van der Waals surface area contributed by atoms with E-state index in [-0.39, 0.29) is 12.0 Å². The van der Waals surface area contributed by atoms with Crippen LogP contribution >= 0.6 is 0 Å². The molecular weight excluding hydrogens is 244 g/mol. The molecule has 0 aliphatic carbocycles. The first kappa shape index (κ1) is 13.0. The zero-order valence-corrected chi connectivity index (χ0v) is 9.37. The number of ether oxygens (including phenoxy) is 1. The van der Waals surface area contributed by atoms with E-state index in [0.717, 1.165) is 0 Å². The molecule has 2 heterocycles. The van der Waals surface area contributed by atoms with Crippen LogP contribution in [0.15, 0.2) is 15.8 Å². The molecule has 1 aliphatic heterocycles. The summed E-state index contributed by atoms with van der Waals surface area (Å²) in [6, 6.07) is 0. The quantitative estimate of drug-likeness (QED) is 0.394. The molecule has 0 saturated carbocycles. The summed E-state index contributed by atoms with van der Waals surface area (Å²) in [5, 5.41) is 28.2. The molecule has 4 atom stereocenters. The second-order valence-electron chi connectivity index (χ2n) is 4.18. The first-order valence-electron chi connectivity index (χ1n) is 5.46. The molecule has 0 amide bonds. The highest BCUT2D eigenvalue weighted by molar-refractivity contribution is 5.07. The Balaban J connectivity index is 2.15. The van der Waals surface area contributed by atoms with E-state index >= 15 is 0 Å². The Morgan fingerprint density at radius 2 is 1.89 bits per heavy atom. The molecule has 1 aromatic heterocycles. The maximum atomic E-state index is 11.4. The Morgan fingerprint density at radius 3 is 2.44 bits per heavy atom. The smallest absolute Gasteiger partial charge is 0.325 e. The fraction of sp³-hybridized carbons (Fsp3) is 0.600. The van der Waals surface area contributed by atoms with Gasteiger partial charge < -0.3 is 25.0 Å². The summed E-state index contributed by atoms with van der Waals surface area (Å²) in [6.07, 6.45) is -2.79. The maximum absolute atomic E-state index is 11.4. The highest BCUT2D eigenvalue weighted by atomic mass is 16.6. The van der Waals surface area contributed by atoms with Gasteiger partial charge in [0.1, 0.15) is 18.3 Å². The van der Waals surface area contributed by atoms with Gasteiger partial charge in [-0.05, 0) is 0 Å². The van der Waals surface area contributed by atoms with Crippen molar-refractivity contribution in [1.82, 2.24) is 9.97 Å².